The zero-order valence-corrected chi connectivity index (χ0v) is 18.0. The number of nitrogens with one attached hydrogen (secondary N) is 1. The molecule has 0 unspecified atom stereocenters. The zero-order valence-electron chi connectivity index (χ0n) is 17.2. The molecule has 0 saturated carbocycles. The molecule has 162 valence electrons. The van der Waals surface area contributed by atoms with Gasteiger partial charge in [0, 0.05) is 6.54 Å². The summed E-state index contributed by atoms with van der Waals surface area (Å²) in [6, 6.07) is 14.3. The Labute approximate surface area is 186 Å². The van der Waals surface area contributed by atoms with Crippen LogP contribution in [0.5, 0.6) is 11.5 Å². The van der Waals surface area contributed by atoms with Gasteiger partial charge in [-0.15, -0.1) is 11.3 Å². The van der Waals surface area contributed by atoms with Crippen LogP contribution in [0.3, 0.4) is 0 Å². The number of aromatic nitrogens is 2. The lowest BCUT2D eigenvalue weighted by Gasteiger charge is -2.14. The van der Waals surface area contributed by atoms with E-state index >= 15 is 0 Å². The number of hydrogen-bond donors (Lipinski definition) is 1. The molecule has 4 aromatic rings. The zero-order chi connectivity index (χ0) is 22.2. The second-order valence-electron chi connectivity index (χ2n) is 7.40. The highest BCUT2D eigenvalue weighted by atomic mass is 32.1. The third kappa shape index (κ3) is 3.46. The highest BCUT2D eigenvalue weighted by molar-refractivity contribution is 7.17. The summed E-state index contributed by atoms with van der Waals surface area (Å²) in [5.74, 6) is 0.968. The number of fused-ring (bicyclic) bond motifs is 2. The minimum absolute atomic E-state index is 0.182. The quantitative estimate of drug-likeness (QED) is 0.506. The van der Waals surface area contributed by atoms with Gasteiger partial charge in [-0.05, 0) is 47.7 Å². The average molecular weight is 449 g/mol. The fraction of sp³-hybridized carbons (Fsp3) is 0.174. The van der Waals surface area contributed by atoms with Crippen molar-refractivity contribution in [3.63, 3.8) is 0 Å². The van der Waals surface area contributed by atoms with E-state index in [-0.39, 0.29) is 31.3 Å². The summed E-state index contributed by atoms with van der Waals surface area (Å²) in [6.45, 7) is 2.08. The van der Waals surface area contributed by atoms with E-state index in [0.29, 0.717) is 27.4 Å². The number of rotatable bonds is 5. The van der Waals surface area contributed by atoms with Crippen LogP contribution in [-0.4, -0.2) is 21.8 Å². The Morgan fingerprint density at radius 3 is 2.75 bits per heavy atom. The molecule has 9 heteroatoms. The highest BCUT2D eigenvalue weighted by Gasteiger charge is 2.19. The van der Waals surface area contributed by atoms with Crippen molar-refractivity contribution >= 4 is 27.5 Å². The molecule has 0 radical (unpaired) electrons. The van der Waals surface area contributed by atoms with Gasteiger partial charge >= 0.3 is 5.69 Å². The van der Waals surface area contributed by atoms with Crippen LogP contribution < -0.4 is 26.0 Å². The van der Waals surface area contributed by atoms with Crippen molar-refractivity contribution in [1.82, 2.24) is 14.5 Å². The summed E-state index contributed by atoms with van der Waals surface area (Å²) >= 11 is 1.25. The molecule has 0 fully saturated rings. The van der Waals surface area contributed by atoms with Gasteiger partial charge in [-0.3, -0.25) is 14.2 Å². The second-order valence-corrected chi connectivity index (χ2v) is 8.31. The van der Waals surface area contributed by atoms with Crippen LogP contribution in [0.4, 0.5) is 0 Å². The molecule has 0 atom stereocenters. The predicted octanol–water partition coefficient (Wildman–Crippen LogP) is 2.57. The topological polar surface area (TPSA) is 91.6 Å². The third-order valence-corrected chi connectivity index (χ3v) is 6.23. The lowest BCUT2D eigenvalue weighted by Crippen LogP contribution is -2.41. The summed E-state index contributed by atoms with van der Waals surface area (Å²) in [5, 5.41) is 4.57. The molecule has 1 N–H and O–H groups in total. The van der Waals surface area contributed by atoms with Gasteiger partial charge < -0.3 is 14.8 Å². The smallest absolute Gasteiger partial charge is 0.336 e. The fourth-order valence-electron chi connectivity index (χ4n) is 3.72. The van der Waals surface area contributed by atoms with E-state index in [9.17, 15) is 14.4 Å². The number of hydrogen-bond acceptors (Lipinski definition) is 6. The number of thiophene rings is 1. The van der Waals surface area contributed by atoms with Crippen molar-refractivity contribution in [2.75, 3.05) is 6.79 Å². The number of nitrogens with zero attached hydrogens (tertiary/aromatic N) is 2. The molecule has 2 aromatic heterocycles. The van der Waals surface area contributed by atoms with Crippen molar-refractivity contribution in [3.8, 4) is 17.2 Å². The fourth-order valence-corrected chi connectivity index (χ4v) is 4.54. The van der Waals surface area contributed by atoms with Gasteiger partial charge in [-0.2, -0.15) is 0 Å². The summed E-state index contributed by atoms with van der Waals surface area (Å²) in [7, 11) is 0. The van der Waals surface area contributed by atoms with Gasteiger partial charge in [0.2, 0.25) is 12.7 Å². The third-order valence-electron chi connectivity index (χ3n) is 5.34. The van der Waals surface area contributed by atoms with E-state index in [1.807, 2.05) is 31.2 Å². The second kappa shape index (κ2) is 8.01. The largest absolute Gasteiger partial charge is 0.454 e. The van der Waals surface area contributed by atoms with Gasteiger partial charge in [-0.25, -0.2) is 9.36 Å². The maximum Gasteiger partial charge on any atom is 0.336 e. The Balaban J connectivity index is 1.46. The Bertz CT molecular complexity index is 1470. The summed E-state index contributed by atoms with van der Waals surface area (Å²) in [5.41, 5.74) is 1.67. The SMILES string of the molecule is Cc1ccccc1-n1c(=O)c2sccc2n(CC(=O)NCc2ccc3c(c2)OCO3)c1=O. The van der Waals surface area contributed by atoms with Crippen LogP contribution in [0.15, 0.2) is 63.5 Å². The molecular formula is C23H19N3O5S. The molecule has 5 rings (SSSR count). The first-order valence-electron chi connectivity index (χ1n) is 9.97. The molecule has 0 saturated heterocycles. The molecule has 32 heavy (non-hydrogen) atoms. The normalized spacial score (nSPS) is 12.3. The molecule has 0 aliphatic carbocycles. The van der Waals surface area contributed by atoms with Crippen LogP contribution in [0.25, 0.3) is 15.9 Å². The van der Waals surface area contributed by atoms with E-state index in [2.05, 4.69) is 5.32 Å². The van der Waals surface area contributed by atoms with E-state index < -0.39 is 5.69 Å². The summed E-state index contributed by atoms with van der Waals surface area (Å²) in [6.07, 6.45) is 0. The molecule has 8 nitrogen and oxygen atoms in total. The minimum atomic E-state index is -0.548. The maximum atomic E-state index is 13.3. The Hall–Kier alpha value is -3.85. The van der Waals surface area contributed by atoms with Crippen LogP contribution in [-0.2, 0) is 17.9 Å². The summed E-state index contributed by atoms with van der Waals surface area (Å²) < 4.78 is 13.6. The first-order valence-corrected chi connectivity index (χ1v) is 10.8. The molecule has 0 bridgehead atoms. The minimum Gasteiger partial charge on any atom is -0.454 e. The average Bonchev–Trinajstić information content (AvgIpc) is 3.46. The Morgan fingerprint density at radius 1 is 1.09 bits per heavy atom. The van der Waals surface area contributed by atoms with Crippen molar-refractivity contribution in [2.24, 2.45) is 0 Å². The lowest BCUT2D eigenvalue weighted by atomic mass is 10.2. The molecule has 1 aliphatic heterocycles. The predicted molar refractivity (Wildman–Crippen MR) is 121 cm³/mol. The number of carbonyl (C=O) groups is 1. The van der Waals surface area contributed by atoms with Gasteiger partial charge in [0.1, 0.15) is 11.2 Å². The molecule has 1 aliphatic rings. The van der Waals surface area contributed by atoms with Gasteiger partial charge in [0.05, 0.1) is 11.2 Å². The first kappa shape index (κ1) is 20.1. The molecule has 0 spiro atoms. The summed E-state index contributed by atoms with van der Waals surface area (Å²) in [4.78, 5) is 39.1. The van der Waals surface area contributed by atoms with E-state index in [4.69, 9.17) is 9.47 Å². The van der Waals surface area contributed by atoms with E-state index in [1.165, 1.54) is 15.9 Å². The van der Waals surface area contributed by atoms with Gasteiger partial charge in [0.25, 0.3) is 5.56 Å². The first-order chi connectivity index (χ1) is 15.5. The molecule has 3 heterocycles. The van der Waals surface area contributed by atoms with Crippen LogP contribution in [0.1, 0.15) is 11.1 Å². The van der Waals surface area contributed by atoms with Gasteiger partial charge in [-0.1, -0.05) is 24.3 Å². The van der Waals surface area contributed by atoms with E-state index in [1.54, 1.807) is 29.6 Å². The number of para-hydroxylation sites is 1. The van der Waals surface area contributed by atoms with Crippen LogP contribution >= 0.6 is 11.3 Å². The van der Waals surface area contributed by atoms with Crippen molar-refractivity contribution in [1.29, 1.82) is 0 Å². The van der Waals surface area contributed by atoms with Crippen molar-refractivity contribution in [3.05, 3.63) is 85.9 Å². The monoisotopic (exact) mass is 449 g/mol. The number of carbonyl (C=O) groups excluding carboxylic acids is 1. The number of ether oxygens (including phenoxy) is 2. The molecule has 2 aromatic carbocycles. The van der Waals surface area contributed by atoms with Crippen LogP contribution in [0.2, 0.25) is 0 Å². The van der Waals surface area contributed by atoms with Crippen molar-refractivity contribution in [2.45, 2.75) is 20.0 Å². The molecular weight excluding hydrogens is 430 g/mol. The number of benzene rings is 2. The maximum absolute atomic E-state index is 13.3. The highest BCUT2D eigenvalue weighted by Crippen LogP contribution is 2.32. The van der Waals surface area contributed by atoms with Crippen molar-refractivity contribution < 1.29 is 14.3 Å². The lowest BCUT2D eigenvalue weighted by molar-refractivity contribution is -0.121. The standard InChI is InChI=1S/C23H19N3O5S/c1-14-4-2-3-5-16(14)26-22(28)21-17(8-9-32-21)25(23(26)29)12-20(27)24-11-15-6-7-18-19(10-15)31-13-30-18/h2-10H,11-13H2,1H3,(H,24,27). The van der Waals surface area contributed by atoms with Gasteiger partial charge in [0.15, 0.2) is 11.5 Å². The Morgan fingerprint density at radius 2 is 1.91 bits per heavy atom. The Kier molecular flexibility index (Phi) is 5.02. The number of amides is 1. The van der Waals surface area contributed by atoms with Crippen LogP contribution in [0, 0.1) is 6.92 Å². The van der Waals surface area contributed by atoms with E-state index in [0.717, 1.165) is 15.7 Å². The molecule has 1 amide bonds. The number of aryl methyl sites for hydroxylation is 1.